The number of Topliss-reactive ketones (excluding diaryl/α,β-unsaturated/α-hetero) is 2. The van der Waals surface area contributed by atoms with Crippen LogP contribution >= 0.6 is 0 Å². The van der Waals surface area contributed by atoms with Gasteiger partial charge in [-0.05, 0) is 70.8 Å². The second-order valence-corrected chi connectivity index (χ2v) is 10.2. The van der Waals surface area contributed by atoms with Crippen molar-refractivity contribution in [3.05, 3.63) is 95.1 Å². The highest BCUT2D eigenvalue weighted by Crippen LogP contribution is 2.44. The van der Waals surface area contributed by atoms with E-state index in [4.69, 9.17) is 0 Å². The van der Waals surface area contributed by atoms with E-state index < -0.39 is 48.1 Å². The Bertz CT molecular complexity index is 1580. The van der Waals surface area contributed by atoms with Crippen molar-refractivity contribution < 1.29 is 35.9 Å². The van der Waals surface area contributed by atoms with E-state index in [2.05, 4.69) is 0 Å². The summed E-state index contributed by atoms with van der Waals surface area (Å²) in [7, 11) is 0. The van der Waals surface area contributed by atoms with Gasteiger partial charge in [0.1, 0.15) is 11.8 Å². The van der Waals surface area contributed by atoms with Crippen molar-refractivity contribution >= 4 is 33.1 Å². The third kappa shape index (κ3) is 5.04. The molecule has 1 aliphatic carbocycles. The average molecular weight is 543 g/mol. The number of hydrogen-bond donors (Lipinski definition) is 0. The molecule has 0 spiro atoms. The third-order valence-electron chi connectivity index (χ3n) is 7.81. The fraction of sp³-hybridized carbons (Fsp3) is 0.290. The van der Waals surface area contributed by atoms with E-state index >= 15 is 0 Å². The molecule has 0 bridgehead atoms. The first kappa shape index (κ1) is 26.9. The second-order valence-electron chi connectivity index (χ2n) is 10.2. The number of carbonyl (C=O) groups is 2. The van der Waals surface area contributed by atoms with Crippen molar-refractivity contribution in [2.45, 2.75) is 44.5 Å². The molecule has 0 heterocycles. The van der Waals surface area contributed by atoms with Gasteiger partial charge in [-0.15, -0.1) is 0 Å². The molecule has 4 aromatic carbocycles. The number of rotatable bonds is 6. The maximum atomic E-state index is 14.3. The first-order valence-corrected chi connectivity index (χ1v) is 12.6. The van der Waals surface area contributed by atoms with Gasteiger partial charge < -0.3 is 0 Å². The van der Waals surface area contributed by atoms with Gasteiger partial charge >= 0.3 is 12.4 Å². The SMILES string of the molecule is CC(C(=O)c1cccc2c1CCC2CC(C(=O)c1ccc2ccc3ccccc3c2c1)C(F)(F)F)C(F)(F)F. The van der Waals surface area contributed by atoms with Gasteiger partial charge in [-0.25, -0.2) is 0 Å². The Kier molecular flexibility index (Phi) is 6.77. The largest absolute Gasteiger partial charge is 0.398 e. The Morgan fingerprint density at radius 2 is 1.46 bits per heavy atom. The predicted octanol–water partition coefficient (Wildman–Crippen LogP) is 8.86. The summed E-state index contributed by atoms with van der Waals surface area (Å²) in [6.07, 6.45) is -9.71. The van der Waals surface area contributed by atoms with Crippen molar-refractivity contribution in [3.63, 3.8) is 0 Å². The maximum absolute atomic E-state index is 14.3. The van der Waals surface area contributed by atoms with E-state index in [0.29, 0.717) is 16.5 Å². The monoisotopic (exact) mass is 542 g/mol. The second kappa shape index (κ2) is 9.81. The van der Waals surface area contributed by atoms with Gasteiger partial charge in [0.15, 0.2) is 11.6 Å². The zero-order valence-electron chi connectivity index (χ0n) is 20.9. The Hall–Kier alpha value is -3.68. The van der Waals surface area contributed by atoms with Crippen LogP contribution in [-0.2, 0) is 6.42 Å². The molecule has 1 aliphatic rings. The van der Waals surface area contributed by atoms with Crippen LogP contribution in [0.25, 0.3) is 21.5 Å². The average Bonchev–Trinajstić information content (AvgIpc) is 3.32. The van der Waals surface area contributed by atoms with Crippen molar-refractivity contribution in [1.82, 2.24) is 0 Å². The molecule has 2 nitrogen and oxygen atoms in total. The molecule has 202 valence electrons. The molecular formula is C31H24F6O2. The quantitative estimate of drug-likeness (QED) is 0.139. The van der Waals surface area contributed by atoms with Crippen LogP contribution in [0.2, 0.25) is 0 Å². The Balaban J connectivity index is 1.47. The molecule has 0 saturated carbocycles. The summed E-state index contributed by atoms with van der Waals surface area (Å²) in [5, 5.41) is 3.19. The summed E-state index contributed by atoms with van der Waals surface area (Å²) < 4.78 is 82.4. The zero-order valence-corrected chi connectivity index (χ0v) is 20.9. The normalized spacial score (nSPS) is 17.3. The number of ketones is 2. The predicted molar refractivity (Wildman–Crippen MR) is 137 cm³/mol. The van der Waals surface area contributed by atoms with E-state index in [1.165, 1.54) is 24.3 Å². The summed E-state index contributed by atoms with van der Waals surface area (Å²) in [5.74, 6) is -7.40. The van der Waals surface area contributed by atoms with Crippen LogP contribution in [0, 0.1) is 11.8 Å². The van der Waals surface area contributed by atoms with Crippen LogP contribution in [0.3, 0.4) is 0 Å². The molecule has 0 radical (unpaired) electrons. The molecule has 0 N–H and O–H groups in total. The lowest BCUT2D eigenvalue weighted by molar-refractivity contribution is -0.163. The van der Waals surface area contributed by atoms with Crippen LogP contribution in [0.5, 0.6) is 0 Å². The number of fused-ring (bicyclic) bond motifs is 4. The summed E-state index contributed by atoms with van der Waals surface area (Å²) >= 11 is 0. The minimum Gasteiger partial charge on any atom is -0.294 e. The topological polar surface area (TPSA) is 34.1 Å². The standard InChI is InChI=1S/C31H24F6O2/c1-17(30(32,33)34)28(38)25-8-4-7-23-20(13-14-24(23)25)16-27(31(35,36)37)29(39)21-12-11-19-10-9-18-5-2-3-6-22(18)26(19)15-21/h2-12,15,17,20,27H,13-14,16H2,1H3. The third-order valence-corrected chi connectivity index (χ3v) is 7.81. The van der Waals surface area contributed by atoms with Gasteiger partial charge in [-0.2, -0.15) is 26.3 Å². The summed E-state index contributed by atoms with van der Waals surface area (Å²) in [6.45, 7) is 0.777. The smallest absolute Gasteiger partial charge is 0.294 e. The highest BCUT2D eigenvalue weighted by atomic mass is 19.4. The van der Waals surface area contributed by atoms with E-state index in [0.717, 1.165) is 23.1 Å². The first-order valence-electron chi connectivity index (χ1n) is 12.6. The lowest BCUT2D eigenvalue weighted by Gasteiger charge is -2.23. The molecule has 5 rings (SSSR count). The van der Waals surface area contributed by atoms with Gasteiger partial charge in [0, 0.05) is 11.1 Å². The molecule has 0 aromatic heterocycles. The van der Waals surface area contributed by atoms with Crippen molar-refractivity contribution in [2.24, 2.45) is 11.8 Å². The molecule has 0 fully saturated rings. The molecule has 0 amide bonds. The van der Waals surface area contributed by atoms with E-state index in [9.17, 15) is 35.9 Å². The fourth-order valence-electron chi connectivity index (χ4n) is 5.63. The molecule has 39 heavy (non-hydrogen) atoms. The number of halogens is 6. The Labute approximate surface area is 220 Å². The zero-order chi connectivity index (χ0) is 28.1. The minimum absolute atomic E-state index is 0.0534. The maximum Gasteiger partial charge on any atom is 0.398 e. The van der Waals surface area contributed by atoms with Crippen molar-refractivity contribution in [3.8, 4) is 0 Å². The Morgan fingerprint density at radius 1 is 0.795 bits per heavy atom. The van der Waals surface area contributed by atoms with E-state index in [1.54, 1.807) is 12.1 Å². The molecule has 0 saturated heterocycles. The van der Waals surface area contributed by atoms with Gasteiger partial charge in [-0.3, -0.25) is 9.59 Å². The Morgan fingerprint density at radius 3 is 2.15 bits per heavy atom. The van der Waals surface area contributed by atoms with Gasteiger partial charge in [0.25, 0.3) is 0 Å². The van der Waals surface area contributed by atoms with Crippen molar-refractivity contribution in [2.75, 3.05) is 0 Å². The number of alkyl halides is 6. The van der Waals surface area contributed by atoms with Crippen LogP contribution in [0.4, 0.5) is 26.3 Å². The highest BCUT2D eigenvalue weighted by molar-refractivity contribution is 6.10. The minimum atomic E-state index is -4.83. The van der Waals surface area contributed by atoms with Gasteiger partial charge in [-0.1, -0.05) is 66.7 Å². The van der Waals surface area contributed by atoms with Gasteiger partial charge in [0.05, 0.1) is 0 Å². The summed E-state index contributed by atoms with van der Waals surface area (Å²) in [5.41, 5.74) is 0.578. The highest BCUT2D eigenvalue weighted by Gasteiger charge is 2.47. The number of carbonyl (C=O) groups excluding carboxylic acids is 2. The van der Waals surface area contributed by atoms with Crippen LogP contribution in [0.1, 0.15) is 57.5 Å². The summed E-state index contributed by atoms with van der Waals surface area (Å²) in [4.78, 5) is 25.9. The number of benzene rings is 4. The van der Waals surface area contributed by atoms with Crippen LogP contribution < -0.4 is 0 Å². The van der Waals surface area contributed by atoms with Crippen LogP contribution in [-0.4, -0.2) is 23.9 Å². The summed E-state index contributed by atoms with van der Waals surface area (Å²) in [6, 6.07) is 19.9. The van der Waals surface area contributed by atoms with Crippen molar-refractivity contribution in [1.29, 1.82) is 0 Å². The molecule has 0 aliphatic heterocycles. The van der Waals surface area contributed by atoms with E-state index in [1.807, 2.05) is 36.4 Å². The van der Waals surface area contributed by atoms with E-state index in [-0.39, 0.29) is 24.0 Å². The fourth-order valence-corrected chi connectivity index (χ4v) is 5.63. The molecular weight excluding hydrogens is 518 g/mol. The lowest BCUT2D eigenvalue weighted by atomic mass is 9.84. The molecule has 3 atom stereocenters. The lowest BCUT2D eigenvalue weighted by Crippen LogP contribution is -2.32. The molecule has 4 aromatic rings. The molecule has 3 unspecified atom stereocenters. The molecule has 8 heteroatoms. The van der Waals surface area contributed by atoms with Crippen LogP contribution in [0.15, 0.2) is 72.8 Å². The van der Waals surface area contributed by atoms with Gasteiger partial charge in [0.2, 0.25) is 0 Å². The number of hydrogen-bond acceptors (Lipinski definition) is 2. The first-order chi connectivity index (χ1) is 18.4.